The third-order valence-electron chi connectivity index (χ3n) is 2.78. The number of hydrogen-bond acceptors (Lipinski definition) is 6. The van der Waals surface area contributed by atoms with Crippen LogP contribution in [0.5, 0.6) is 0 Å². The molecule has 0 spiro atoms. The summed E-state index contributed by atoms with van der Waals surface area (Å²) in [7, 11) is 0. The fourth-order valence-electron chi connectivity index (χ4n) is 1.75. The van der Waals surface area contributed by atoms with E-state index in [1.54, 1.807) is 24.3 Å². The Bertz CT molecular complexity index is 578. The topological polar surface area (TPSA) is 82.3 Å². The second-order valence-electron chi connectivity index (χ2n) is 4.49. The number of carbonyl (C=O) groups is 2. The third kappa shape index (κ3) is 9.91. The molecule has 1 rings (SSSR count). The van der Waals surface area contributed by atoms with Crippen LogP contribution in [0.2, 0.25) is 0 Å². The van der Waals surface area contributed by atoms with Crippen molar-refractivity contribution >= 4 is 70.1 Å². The molecule has 0 aliphatic rings. The second-order valence-corrected chi connectivity index (χ2v) is 6.64. The van der Waals surface area contributed by atoms with E-state index in [9.17, 15) is 9.59 Å². The number of carbonyl (C=O) groups excluding carboxylic acids is 2. The van der Waals surface area contributed by atoms with Crippen molar-refractivity contribution in [2.45, 2.75) is 0 Å². The van der Waals surface area contributed by atoms with E-state index in [2.05, 4.69) is 21.3 Å². The minimum absolute atomic E-state index is 0. The van der Waals surface area contributed by atoms with Crippen LogP contribution in [0.4, 0.5) is 0 Å². The first kappa shape index (κ1) is 24.0. The van der Waals surface area contributed by atoms with Gasteiger partial charge in [-0.25, -0.2) is 0 Å². The van der Waals surface area contributed by atoms with E-state index in [0.29, 0.717) is 37.3 Å². The molecule has 0 saturated carbocycles. The molecular weight excluding hydrogens is 450 g/mol. The molecule has 0 radical (unpaired) electrons. The Balaban J connectivity index is 0.00000576. The molecule has 4 N–H and O–H groups in total. The Labute approximate surface area is 181 Å². The van der Waals surface area contributed by atoms with Crippen molar-refractivity contribution in [2.24, 2.45) is 0 Å². The SMILES string of the molecule is O=C(NCCNC(=S)[S-])c1ccccc1C(=O)NCCNC(=S)[S-].[Zn+2]. The van der Waals surface area contributed by atoms with Gasteiger partial charge in [0.2, 0.25) is 0 Å². The first-order chi connectivity index (χ1) is 11.4. The summed E-state index contributed by atoms with van der Waals surface area (Å²) >= 11 is 18.8. The van der Waals surface area contributed by atoms with Gasteiger partial charge in [-0.05, 0) is 12.1 Å². The second kappa shape index (κ2) is 13.2. The van der Waals surface area contributed by atoms with Crippen molar-refractivity contribution in [1.29, 1.82) is 0 Å². The van der Waals surface area contributed by atoms with Gasteiger partial charge in [-0.15, -0.1) is 0 Å². The van der Waals surface area contributed by atoms with Gasteiger partial charge in [-0.2, -0.15) is 0 Å². The number of hydrogen-bond donors (Lipinski definition) is 4. The van der Waals surface area contributed by atoms with E-state index in [-0.39, 0.29) is 39.9 Å². The number of thiocarbonyl (C=S) groups is 2. The zero-order valence-corrected chi connectivity index (χ0v) is 19.5. The first-order valence-corrected chi connectivity index (χ1v) is 8.60. The van der Waals surface area contributed by atoms with E-state index >= 15 is 0 Å². The molecule has 6 nitrogen and oxygen atoms in total. The molecule has 0 aliphatic carbocycles. The summed E-state index contributed by atoms with van der Waals surface area (Å²) in [6, 6.07) is 6.57. The molecule has 0 fully saturated rings. The van der Waals surface area contributed by atoms with Gasteiger partial charge >= 0.3 is 19.5 Å². The summed E-state index contributed by atoms with van der Waals surface area (Å²) in [6.07, 6.45) is 0. The van der Waals surface area contributed by atoms with Crippen molar-refractivity contribution in [1.82, 2.24) is 21.3 Å². The van der Waals surface area contributed by atoms with Gasteiger partial charge in [0, 0.05) is 26.2 Å². The minimum Gasteiger partial charge on any atom is -0.412 e. The normalized spacial score (nSPS) is 9.28. The van der Waals surface area contributed by atoms with Gasteiger partial charge in [-0.1, -0.05) is 20.8 Å². The summed E-state index contributed by atoms with van der Waals surface area (Å²) in [5.74, 6) is -0.689. The standard InChI is InChI=1S/C14H18N4O2S4.Zn/c19-11(15-5-7-17-13(21)22)9-3-1-2-4-10(9)12(20)16-6-8-18-14(23)24;/h1-4H,5-8H2,(H,15,19)(H,16,20)(H2,17,21,22)(H2,18,23,24);/q;+2/p-2. The van der Waals surface area contributed by atoms with Gasteiger partial charge in [0.1, 0.15) is 0 Å². The van der Waals surface area contributed by atoms with E-state index in [1.807, 2.05) is 0 Å². The molecule has 0 saturated heterocycles. The van der Waals surface area contributed by atoms with E-state index < -0.39 is 0 Å². The van der Waals surface area contributed by atoms with Crippen LogP contribution < -0.4 is 21.3 Å². The molecule has 130 valence electrons. The molecule has 0 atom stereocenters. The van der Waals surface area contributed by atoms with Crippen LogP contribution in [0, 0.1) is 0 Å². The molecule has 0 unspecified atom stereocenters. The summed E-state index contributed by atoms with van der Waals surface area (Å²) < 4.78 is 0.493. The quantitative estimate of drug-likeness (QED) is 0.185. The monoisotopic (exact) mass is 464 g/mol. The summed E-state index contributed by atoms with van der Waals surface area (Å²) in [5, 5.41) is 10.9. The van der Waals surface area contributed by atoms with E-state index in [0.717, 1.165) is 0 Å². The Morgan fingerprint density at radius 1 is 0.760 bits per heavy atom. The largest absolute Gasteiger partial charge is 2.00 e. The molecule has 2 amide bonds. The Morgan fingerprint density at radius 3 is 1.40 bits per heavy atom. The van der Waals surface area contributed by atoms with Crippen LogP contribution in [0.1, 0.15) is 20.7 Å². The fourth-order valence-corrected chi connectivity index (χ4v) is 2.16. The molecule has 0 bridgehead atoms. The molecule has 25 heavy (non-hydrogen) atoms. The Morgan fingerprint density at radius 2 is 1.08 bits per heavy atom. The molecule has 1 aromatic carbocycles. The predicted molar refractivity (Wildman–Crippen MR) is 107 cm³/mol. The number of benzene rings is 1. The van der Waals surface area contributed by atoms with Crippen molar-refractivity contribution < 1.29 is 29.1 Å². The fraction of sp³-hybridized carbons (Fsp3) is 0.286. The van der Waals surface area contributed by atoms with Gasteiger partial charge in [0.15, 0.2) is 0 Å². The Kier molecular flexibility index (Phi) is 12.7. The van der Waals surface area contributed by atoms with Crippen LogP contribution in [0.15, 0.2) is 24.3 Å². The van der Waals surface area contributed by atoms with E-state index in [1.165, 1.54) is 0 Å². The van der Waals surface area contributed by atoms with E-state index in [4.69, 9.17) is 49.7 Å². The van der Waals surface area contributed by atoms with Crippen LogP contribution in [0.3, 0.4) is 0 Å². The Hall–Kier alpha value is -0.997. The zero-order chi connectivity index (χ0) is 17.9. The minimum atomic E-state index is -0.345. The third-order valence-corrected chi connectivity index (χ3v) is 3.35. The number of nitrogens with one attached hydrogen (secondary N) is 4. The average molecular weight is 466 g/mol. The molecule has 0 heterocycles. The van der Waals surface area contributed by atoms with Crippen molar-refractivity contribution in [3.05, 3.63) is 35.4 Å². The number of rotatable bonds is 8. The summed E-state index contributed by atoms with van der Waals surface area (Å²) in [5.41, 5.74) is 0.588. The molecular formula is C14H16N4O2S4Zn. The maximum Gasteiger partial charge on any atom is 2.00 e. The smallest absolute Gasteiger partial charge is 0.412 e. The maximum absolute atomic E-state index is 12.2. The summed E-state index contributed by atoms with van der Waals surface area (Å²) in [6.45, 7) is 1.53. The predicted octanol–water partition coefficient (Wildman–Crippen LogP) is -0.0135. The molecule has 1 aromatic rings. The van der Waals surface area contributed by atoms with Crippen LogP contribution in [0.25, 0.3) is 0 Å². The molecule has 0 aliphatic heterocycles. The van der Waals surface area contributed by atoms with Crippen LogP contribution in [-0.4, -0.2) is 46.6 Å². The average Bonchev–Trinajstić information content (AvgIpc) is 2.54. The van der Waals surface area contributed by atoms with Gasteiger partial charge < -0.3 is 71.0 Å². The van der Waals surface area contributed by atoms with Crippen LogP contribution in [-0.2, 0) is 44.7 Å². The van der Waals surface area contributed by atoms with Crippen molar-refractivity contribution in [3.63, 3.8) is 0 Å². The number of amides is 2. The van der Waals surface area contributed by atoms with Crippen molar-refractivity contribution in [2.75, 3.05) is 26.2 Å². The van der Waals surface area contributed by atoms with Gasteiger partial charge in [0.25, 0.3) is 11.8 Å². The molecule has 11 heteroatoms. The first-order valence-electron chi connectivity index (χ1n) is 6.97. The van der Waals surface area contributed by atoms with Gasteiger partial charge in [-0.3, -0.25) is 9.59 Å². The summed E-state index contributed by atoms with van der Waals surface area (Å²) in [4.78, 5) is 24.4. The molecule has 0 aromatic heterocycles. The maximum atomic E-state index is 12.2. The van der Waals surface area contributed by atoms with Crippen molar-refractivity contribution in [3.8, 4) is 0 Å². The van der Waals surface area contributed by atoms with Gasteiger partial charge in [0.05, 0.1) is 11.1 Å². The zero-order valence-electron chi connectivity index (χ0n) is 13.3. The van der Waals surface area contributed by atoms with Crippen LogP contribution >= 0.6 is 24.4 Å².